The van der Waals surface area contributed by atoms with E-state index in [4.69, 9.17) is 9.68 Å². The minimum absolute atomic E-state index is 0.134. The number of furan rings is 1. The molecule has 2 atom stereocenters. The molecule has 1 fully saturated rings. The first-order chi connectivity index (χ1) is 12.9. The maximum absolute atomic E-state index is 15.0. The van der Waals surface area contributed by atoms with E-state index in [1.165, 1.54) is 0 Å². The SMILES string of the molecule is Cc1ccc(-c2ccc(CN3CCC(CC#N)(C(C)C)C(F)C3)cc2O)o1. The third kappa shape index (κ3) is 3.86. The Balaban J connectivity index is 1.70. The number of benzene rings is 1. The Bertz CT molecular complexity index is 839. The summed E-state index contributed by atoms with van der Waals surface area (Å²) in [7, 11) is 0. The second-order valence-corrected chi connectivity index (χ2v) is 7.94. The Morgan fingerprint density at radius 2 is 2.15 bits per heavy atom. The van der Waals surface area contributed by atoms with Crippen molar-refractivity contribution in [2.45, 2.75) is 46.3 Å². The maximum atomic E-state index is 15.0. The predicted octanol–water partition coefficient (Wildman–Crippen LogP) is 5.06. The molecule has 1 aromatic heterocycles. The van der Waals surface area contributed by atoms with Gasteiger partial charge < -0.3 is 9.52 Å². The van der Waals surface area contributed by atoms with Gasteiger partial charge in [0, 0.05) is 24.9 Å². The van der Waals surface area contributed by atoms with Crippen LogP contribution < -0.4 is 0 Å². The van der Waals surface area contributed by atoms with Gasteiger partial charge in [0.15, 0.2) is 0 Å². The molecular formula is C22H27FN2O2. The van der Waals surface area contributed by atoms with Gasteiger partial charge in [0.25, 0.3) is 0 Å². The van der Waals surface area contributed by atoms with Crippen LogP contribution in [0.3, 0.4) is 0 Å². The second-order valence-electron chi connectivity index (χ2n) is 7.94. The van der Waals surface area contributed by atoms with Gasteiger partial charge in [-0.25, -0.2) is 4.39 Å². The van der Waals surface area contributed by atoms with Crippen LogP contribution in [0.15, 0.2) is 34.7 Å². The highest BCUT2D eigenvalue weighted by Gasteiger charge is 2.45. The molecule has 0 aliphatic carbocycles. The normalized spacial score (nSPS) is 23.5. The molecule has 27 heavy (non-hydrogen) atoms. The van der Waals surface area contributed by atoms with Crippen LogP contribution >= 0.6 is 0 Å². The molecule has 2 heterocycles. The number of alkyl halides is 1. The monoisotopic (exact) mass is 370 g/mol. The second kappa shape index (κ2) is 7.74. The van der Waals surface area contributed by atoms with E-state index in [1.807, 2.05) is 45.0 Å². The largest absolute Gasteiger partial charge is 0.507 e. The molecule has 0 saturated carbocycles. The topological polar surface area (TPSA) is 60.4 Å². The number of aromatic hydroxyl groups is 1. The van der Waals surface area contributed by atoms with Gasteiger partial charge >= 0.3 is 0 Å². The van der Waals surface area contributed by atoms with E-state index in [0.717, 1.165) is 17.9 Å². The molecule has 0 bridgehead atoms. The Morgan fingerprint density at radius 1 is 1.37 bits per heavy atom. The Hall–Kier alpha value is -2.32. The number of likely N-dealkylation sites (tertiary alicyclic amines) is 1. The summed E-state index contributed by atoms with van der Waals surface area (Å²) >= 11 is 0. The van der Waals surface area contributed by atoms with Crippen molar-refractivity contribution in [2.24, 2.45) is 11.3 Å². The van der Waals surface area contributed by atoms with E-state index in [-0.39, 0.29) is 18.1 Å². The molecule has 5 heteroatoms. The number of hydrogen-bond acceptors (Lipinski definition) is 4. The summed E-state index contributed by atoms with van der Waals surface area (Å²) in [6.45, 7) is 7.52. The molecule has 2 aromatic rings. The van der Waals surface area contributed by atoms with Crippen LogP contribution in [0.25, 0.3) is 11.3 Å². The van der Waals surface area contributed by atoms with Crippen LogP contribution in [0.1, 0.15) is 38.0 Å². The molecular weight excluding hydrogens is 343 g/mol. The third-order valence-electron chi connectivity index (χ3n) is 5.97. The molecule has 2 unspecified atom stereocenters. The third-order valence-corrected chi connectivity index (χ3v) is 5.97. The van der Waals surface area contributed by atoms with E-state index < -0.39 is 11.6 Å². The number of phenols is 1. The average molecular weight is 370 g/mol. The lowest BCUT2D eigenvalue weighted by molar-refractivity contribution is -0.0253. The molecule has 1 aliphatic heterocycles. The van der Waals surface area contributed by atoms with Crippen LogP contribution in [-0.4, -0.2) is 29.3 Å². The molecule has 0 spiro atoms. The van der Waals surface area contributed by atoms with Crippen LogP contribution in [0.2, 0.25) is 0 Å². The highest BCUT2D eigenvalue weighted by atomic mass is 19.1. The highest BCUT2D eigenvalue weighted by molar-refractivity contribution is 5.66. The molecule has 1 saturated heterocycles. The van der Waals surface area contributed by atoms with Crippen molar-refractivity contribution in [3.63, 3.8) is 0 Å². The van der Waals surface area contributed by atoms with Gasteiger partial charge in [-0.15, -0.1) is 0 Å². The zero-order valence-corrected chi connectivity index (χ0v) is 16.2. The number of piperidine rings is 1. The van der Waals surface area contributed by atoms with Crippen LogP contribution in [0, 0.1) is 29.6 Å². The summed E-state index contributed by atoms with van der Waals surface area (Å²) in [5.74, 6) is 1.73. The van der Waals surface area contributed by atoms with Crippen molar-refractivity contribution in [3.05, 3.63) is 41.7 Å². The summed E-state index contributed by atoms with van der Waals surface area (Å²) in [6, 6.07) is 11.4. The number of nitriles is 1. The highest BCUT2D eigenvalue weighted by Crippen LogP contribution is 2.44. The zero-order valence-electron chi connectivity index (χ0n) is 16.2. The number of hydrogen-bond donors (Lipinski definition) is 1. The van der Waals surface area contributed by atoms with Gasteiger partial charge in [-0.1, -0.05) is 19.9 Å². The minimum atomic E-state index is -1.02. The smallest absolute Gasteiger partial charge is 0.137 e. The zero-order chi connectivity index (χ0) is 19.6. The van der Waals surface area contributed by atoms with Gasteiger partial charge in [-0.3, -0.25) is 4.90 Å². The number of halogens is 1. The molecule has 0 amide bonds. The lowest BCUT2D eigenvalue weighted by Gasteiger charge is -2.46. The summed E-state index contributed by atoms with van der Waals surface area (Å²) < 4.78 is 20.6. The Kier molecular flexibility index (Phi) is 5.57. The fourth-order valence-corrected chi connectivity index (χ4v) is 4.09. The molecule has 1 N–H and O–H groups in total. The predicted molar refractivity (Wildman–Crippen MR) is 103 cm³/mol. The molecule has 0 radical (unpaired) electrons. The summed E-state index contributed by atoms with van der Waals surface area (Å²) in [4.78, 5) is 2.06. The van der Waals surface area contributed by atoms with E-state index >= 15 is 4.39 Å². The van der Waals surface area contributed by atoms with Gasteiger partial charge in [-0.2, -0.15) is 5.26 Å². The van der Waals surface area contributed by atoms with E-state index in [1.54, 1.807) is 6.07 Å². The van der Waals surface area contributed by atoms with Crippen LogP contribution in [-0.2, 0) is 6.54 Å². The first-order valence-electron chi connectivity index (χ1n) is 9.48. The average Bonchev–Trinajstić information content (AvgIpc) is 3.03. The van der Waals surface area contributed by atoms with Crippen LogP contribution in [0.4, 0.5) is 4.39 Å². The maximum Gasteiger partial charge on any atom is 0.137 e. The fourth-order valence-electron chi connectivity index (χ4n) is 4.09. The van der Waals surface area contributed by atoms with Gasteiger partial charge in [0.05, 0.1) is 11.6 Å². The lowest BCUT2D eigenvalue weighted by atomic mass is 9.67. The van der Waals surface area contributed by atoms with Crippen molar-refractivity contribution in [1.29, 1.82) is 5.26 Å². The quantitative estimate of drug-likeness (QED) is 0.799. The summed E-state index contributed by atoms with van der Waals surface area (Å²) in [6.07, 6.45) is -0.0859. The summed E-state index contributed by atoms with van der Waals surface area (Å²) in [5, 5.41) is 19.5. The van der Waals surface area contributed by atoms with Crippen molar-refractivity contribution in [3.8, 4) is 23.1 Å². The van der Waals surface area contributed by atoms with Crippen LogP contribution in [0.5, 0.6) is 5.75 Å². The van der Waals surface area contributed by atoms with Crippen molar-refractivity contribution in [1.82, 2.24) is 4.90 Å². The molecule has 4 nitrogen and oxygen atoms in total. The minimum Gasteiger partial charge on any atom is -0.507 e. The fraction of sp³-hybridized carbons (Fsp3) is 0.500. The Labute approximate surface area is 160 Å². The van der Waals surface area contributed by atoms with Gasteiger partial charge in [0.2, 0.25) is 0 Å². The number of phenolic OH excluding ortho intramolecular Hbond substituents is 1. The van der Waals surface area contributed by atoms with E-state index in [9.17, 15) is 5.11 Å². The first-order valence-corrected chi connectivity index (χ1v) is 9.48. The van der Waals surface area contributed by atoms with E-state index in [0.29, 0.717) is 30.8 Å². The molecule has 144 valence electrons. The Morgan fingerprint density at radius 3 is 2.70 bits per heavy atom. The van der Waals surface area contributed by atoms with Crippen molar-refractivity contribution >= 4 is 0 Å². The number of rotatable bonds is 5. The van der Waals surface area contributed by atoms with E-state index in [2.05, 4.69) is 11.0 Å². The van der Waals surface area contributed by atoms with Gasteiger partial charge in [-0.05, 0) is 55.6 Å². The van der Waals surface area contributed by atoms with Crippen molar-refractivity contribution in [2.75, 3.05) is 13.1 Å². The number of aryl methyl sites for hydroxylation is 1. The number of nitrogens with zero attached hydrogens (tertiary/aromatic N) is 2. The molecule has 1 aliphatic rings. The molecule has 1 aromatic carbocycles. The van der Waals surface area contributed by atoms with Gasteiger partial charge in [0.1, 0.15) is 23.4 Å². The standard InChI is InChI=1S/C22H27FN2O2/c1-15(2)22(8-10-24)9-11-25(14-21(22)23)13-17-5-6-18(19(26)12-17)20-7-4-16(3)27-20/h4-7,12,15,21,26H,8-9,11,13-14H2,1-3H3. The first kappa shape index (κ1) is 19.4. The summed E-state index contributed by atoms with van der Waals surface area (Å²) in [5.41, 5.74) is 1.04. The lowest BCUT2D eigenvalue weighted by Crippen LogP contribution is -2.51. The molecule has 3 rings (SSSR count). The van der Waals surface area contributed by atoms with Crippen molar-refractivity contribution < 1.29 is 13.9 Å².